The van der Waals surface area contributed by atoms with Gasteiger partial charge in [-0.2, -0.15) is 4.31 Å². The normalized spacial score (nSPS) is 12.0. The predicted octanol–water partition coefficient (Wildman–Crippen LogP) is 1.99. The molecule has 0 saturated heterocycles. The highest BCUT2D eigenvalue weighted by molar-refractivity contribution is 7.89. The summed E-state index contributed by atoms with van der Waals surface area (Å²) in [6.07, 6.45) is 1.62. The molecular formula is C12H14FN3O2S2. The van der Waals surface area contributed by atoms with Gasteiger partial charge >= 0.3 is 0 Å². The predicted molar refractivity (Wildman–Crippen MR) is 76.3 cm³/mol. The number of sulfonamides is 1. The topological polar surface area (TPSA) is 76.3 Å². The van der Waals surface area contributed by atoms with E-state index in [1.165, 1.54) is 30.5 Å². The number of aromatic nitrogens is 1. The second-order valence-electron chi connectivity index (χ2n) is 4.30. The summed E-state index contributed by atoms with van der Waals surface area (Å²) in [4.78, 5) is 4.48. The zero-order chi connectivity index (χ0) is 14.9. The van der Waals surface area contributed by atoms with E-state index in [1.807, 2.05) is 6.92 Å². The number of rotatable bonds is 4. The van der Waals surface area contributed by atoms with Crippen LogP contribution in [0.25, 0.3) is 0 Å². The Morgan fingerprint density at radius 1 is 1.45 bits per heavy atom. The van der Waals surface area contributed by atoms with Crippen molar-refractivity contribution in [2.24, 2.45) is 0 Å². The lowest BCUT2D eigenvalue weighted by Crippen LogP contribution is -2.27. The van der Waals surface area contributed by atoms with Crippen molar-refractivity contribution in [3.05, 3.63) is 40.1 Å². The van der Waals surface area contributed by atoms with Gasteiger partial charge in [-0.15, -0.1) is 11.3 Å². The van der Waals surface area contributed by atoms with E-state index in [2.05, 4.69) is 4.98 Å². The van der Waals surface area contributed by atoms with Crippen LogP contribution < -0.4 is 5.73 Å². The van der Waals surface area contributed by atoms with E-state index in [0.29, 0.717) is 0 Å². The number of halogens is 1. The summed E-state index contributed by atoms with van der Waals surface area (Å²) in [6, 6.07) is 3.53. The standard InChI is InChI=1S/C12H14FN3O2S2/c1-8-15-6-10(19-8)7-16(2)20(17,18)12-4-3-9(14)5-11(12)13/h3-6H,7,14H2,1-2H3. The number of nitrogens with two attached hydrogens (primary N) is 1. The number of hydrogen-bond donors (Lipinski definition) is 1. The number of benzene rings is 1. The minimum Gasteiger partial charge on any atom is -0.399 e. The molecule has 5 nitrogen and oxygen atoms in total. The molecule has 1 aromatic carbocycles. The first-order chi connectivity index (χ1) is 9.30. The first kappa shape index (κ1) is 14.9. The fraction of sp³-hybridized carbons (Fsp3) is 0.250. The molecule has 1 heterocycles. The lowest BCUT2D eigenvalue weighted by Gasteiger charge is -2.16. The fourth-order valence-electron chi connectivity index (χ4n) is 1.68. The number of anilines is 1. The van der Waals surface area contributed by atoms with Crippen molar-refractivity contribution in [3.63, 3.8) is 0 Å². The van der Waals surface area contributed by atoms with Crippen LogP contribution in [0.15, 0.2) is 29.3 Å². The van der Waals surface area contributed by atoms with Crippen LogP contribution in [0, 0.1) is 12.7 Å². The van der Waals surface area contributed by atoms with E-state index in [1.54, 1.807) is 6.20 Å². The zero-order valence-corrected chi connectivity index (χ0v) is 12.6. The van der Waals surface area contributed by atoms with Crippen LogP contribution in [0.3, 0.4) is 0 Å². The van der Waals surface area contributed by atoms with Crippen molar-refractivity contribution in [1.29, 1.82) is 0 Å². The van der Waals surface area contributed by atoms with Crippen LogP contribution in [0.4, 0.5) is 10.1 Å². The van der Waals surface area contributed by atoms with Crippen LogP contribution in [-0.4, -0.2) is 24.8 Å². The van der Waals surface area contributed by atoms with Crippen LogP contribution in [0.2, 0.25) is 0 Å². The molecular weight excluding hydrogens is 301 g/mol. The Hall–Kier alpha value is -1.51. The van der Waals surface area contributed by atoms with Gasteiger partial charge in [0.1, 0.15) is 10.7 Å². The van der Waals surface area contributed by atoms with Crippen molar-refractivity contribution in [2.75, 3.05) is 12.8 Å². The SMILES string of the molecule is Cc1ncc(CN(C)S(=O)(=O)c2ccc(N)cc2F)s1. The summed E-state index contributed by atoms with van der Waals surface area (Å²) in [5, 5.41) is 0.851. The Morgan fingerprint density at radius 3 is 2.70 bits per heavy atom. The maximum Gasteiger partial charge on any atom is 0.246 e. The third-order valence-corrected chi connectivity index (χ3v) is 5.43. The Bertz CT molecular complexity index is 728. The molecule has 0 aliphatic heterocycles. The third kappa shape index (κ3) is 2.97. The molecule has 0 aliphatic rings. The molecule has 0 saturated carbocycles. The maximum atomic E-state index is 13.8. The number of hydrogen-bond acceptors (Lipinski definition) is 5. The monoisotopic (exact) mass is 315 g/mol. The minimum absolute atomic E-state index is 0.150. The molecule has 0 spiro atoms. The van der Waals surface area contributed by atoms with Gasteiger partial charge in [-0.1, -0.05) is 0 Å². The summed E-state index contributed by atoms with van der Waals surface area (Å²) >= 11 is 1.40. The van der Waals surface area contributed by atoms with Crippen molar-refractivity contribution in [3.8, 4) is 0 Å². The van der Waals surface area contributed by atoms with Gasteiger partial charge in [0.05, 0.1) is 5.01 Å². The largest absolute Gasteiger partial charge is 0.399 e. The van der Waals surface area contributed by atoms with Gasteiger partial charge in [0.25, 0.3) is 0 Å². The molecule has 2 aromatic rings. The fourth-order valence-corrected chi connectivity index (χ4v) is 3.80. The highest BCUT2D eigenvalue weighted by Gasteiger charge is 2.25. The zero-order valence-electron chi connectivity index (χ0n) is 11.0. The summed E-state index contributed by atoms with van der Waals surface area (Å²) in [7, 11) is -2.49. The average Bonchev–Trinajstić information content (AvgIpc) is 2.74. The lowest BCUT2D eigenvalue weighted by molar-refractivity contribution is 0.462. The summed E-state index contributed by atoms with van der Waals surface area (Å²) < 4.78 is 39.5. The molecule has 2 N–H and O–H groups in total. The van der Waals surface area contributed by atoms with E-state index in [4.69, 9.17) is 5.73 Å². The Labute approximate surface area is 120 Å². The van der Waals surface area contributed by atoms with Gasteiger partial charge in [0.15, 0.2) is 0 Å². The van der Waals surface area contributed by atoms with Crippen LogP contribution in [0.5, 0.6) is 0 Å². The van der Waals surface area contributed by atoms with Crippen molar-refractivity contribution in [1.82, 2.24) is 9.29 Å². The first-order valence-electron chi connectivity index (χ1n) is 5.73. The van der Waals surface area contributed by atoms with Gasteiger partial charge in [0.2, 0.25) is 10.0 Å². The van der Waals surface area contributed by atoms with E-state index in [-0.39, 0.29) is 17.1 Å². The molecule has 2 rings (SSSR count). The van der Waals surface area contributed by atoms with Crippen molar-refractivity contribution >= 4 is 27.0 Å². The molecule has 0 amide bonds. The minimum atomic E-state index is -3.89. The lowest BCUT2D eigenvalue weighted by atomic mass is 10.3. The van der Waals surface area contributed by atoms with Crippen molar-refractivity contribution < 1.29 is 12.8 Å². The van der Waals surface area contributed by atoms with Crippen LogP contribution >= 0.6 is 11.3 Å². The molecule has 0 bridgehead atoms. The van der Waals surface area contributed by atoms with E-state index >= 15 is 0 Å². The van der Waals surface area contributed by atoms with E-state index in [0.717, 1.165) is 20.3 Å². The maximum absolute atomic E-state index is 13.8. The van der Waals surface area contributed by atoms with E-state index in [9.17, 15) is 12.8 Å². The number of nitrogens with zero attached hydrogens (tertiary/aromatic N) is 2. The smallest absolute Gasteiger partial charge is 0.246 e. The van der Waals surface area contributed by atoms with Crippen LogP contribution in [0.1, 0.15) is 9.88 Å². The highest BCUT2D eigenvalue weighted by atomic mass is 32.2. The van der Waals surface area contributed by atoms with Gasteiger partial charge in [-0.3, -0.25) is 0 Å². The number of nitrogen functional groups attached to an aromatic ring is 1. The second-order valence-corrected chi connectivity index (χ2v) is 7.63. The molecule has 0 radical (unpaired) electrons. The van der Waals surface area contributed by atoms with Gasteiger partial charge < -0.3 is 5.73 Å². The highest BCUT2D eigenvalue weighted by Crippen LogP contribution is 2.23. The average molecular weight is 315 g/mol. The van der Waals surface area contributed by atoms with Gasteiger partial charge in [0, 0.05) is 30.4 Å². The van der Waals surface area contributed by atoms with Crippen LogP contribution in [-0.2, 0) is 16.6 Å². The van der Waals surface area contributed by atoms with E-state index < -0.39 is 15.8 Å². The number of aryl methyl sites for hydroxylation is 1. The molecule has 20 heavy (non-hydrogen) atoms. The van der Waals surface area contributed by atoms with Gasteiger partial charge in [-0.05, 0) is 25.1 Å². The molecule has 108 valence electrons. The Kier molecular flexibility index (Phi) is 4.07. The Balaban J connectivity index is 2.29. The summed E-state index contributed by atoms with van der Waals surface area (Å²) in [5.74, 6) is -0.850. The van der Waals surface area contributed by atoms with Gasteiger partial charge in [-0.25, -0.2) is 17.8 Å². The Morgan fingerprint density at radius 2 is 2.15 bits per heavy atom. The quantitative estimate of drug-likeness (QED) is 0.876. The summed E-state index contributed by atoms with van der Waals surface area (Å²) in [5.41, 5.74) is 5.60. The number of thiazole rings is 1. The third-order valence-electron chi connectivity index (χ3n) is 2.69. The molecule has 0 unspecified atom stereocenters. The first-order valence-corrected chi connectivity index (χ1v) is 7.99. The molecule has 0 fully saturated rings. The molecule has 0 aliphatic carbocycles. The molecule has 1 aromatic heterocycles. The van der Waals surface area contributed by atoms with Crippen molar-refractivity contribution in [2.45, 2.75) is 18.4 Å². The summed E-state index contributed by atoms with van der Waals surface area (Å²) in [6.45, 7) is 1.99. The molecule has 0 atom stereocenters. The second kappa shape index (κ2) is 5.47. The molecule has 8 heteroatoms.